The van der Waals surface area contributed by atoms with Crippen molar-refractivity contribution in [1.29, 1.82) is 0 Å². The van der Waals surface area contributed by atoms with Crippen LogP contribution >= 0.6 is 15.9 Å². The highest BCUT2D eigenvalue weighted by molar-refractivity contribution is 9.10. The molecule has 0 atom stereocenters. The Morgan fingerprint density at radius 3 is 2.92 bits per heavy atom. The Morgan fingerprint density at radius 1 is 1.38 bits per heavy atom. The Bertz CT molecular complexity index is 252. The molecular weight excluding hydrogens is 230 g/mol. The summed E-state index contributed by atoms with van der Waals surface area (Å²) >= 11 is 3.43. The molecule has 3 nitrogen and oxygen atoms in total. The molecule has 0 aromatic heterocycles. The summed E-state index contributed by atoms with van der Waals surface area (Å²) in [6.07, 6.45) is 1.01. The van der Waals surface area contributed by atoms with E-state index in [2.05, 4.69) is 38.8 Å². The molecule has 1 aromatic rings. The molecule has 0 amide bonds. The summed E-state index contributed by atoms with van der Waals surface area (Å²) in [6, 6.07) is 8.30. The van der Waals surface area contributed by atoms with E-state index < -0.39 is 0 Å². The van der Waals surface area contributed by atoms with E-state index in [1.165, 1.54) is 5.56 Å². The third-order valence-corrected chi connectivity index (χ3v) is 2.20. The van der Waals surface area contributed by atoms with Crippen molar-refractivity contribution in [1.82, 2.24) is 10.7 Å². The zero-order valence-electron chi connectivity index (χ0n) is 7.39. The minimum atomic E-state index is 0.647. The predicted octanol–water partition coefficient (Wildman–Crippen LogP) is 1.00. The molecule has 0 spiro atoms. The lowest BCUT2D eigenvalue weighted by molar-refractivity contribution is 0.602. The summed E-state index contributed by atoms with van der Waals surface area (Å²) in [4.78, 5) is 0. The first-order chi connectivity index (χ1) is 6.33. The highest BCUT2D eigenvalue weighted by atomic mass is 79.9. The maximum atomic E-state index is 5.11. The second-order valence-corrected chi connectivity index (χ2v) is 3.68. The van der Waals surface area contributed by atoms with E-state index in [0.717, 1.165) is 17.4 Å². The van der Waals surface area contributed by atoms with Crippen LogP contribution in [0.15, 0.2) is 28.7 Å². The minimum absolute atomic E-state index is 0.647. The topological polar surface area (TPSA) is 50.1 Å². The third kappa shape index (κ3) is 4.38. The van der Waals surface area contributed by atoms with Gasteiger partial charge in [0.2, 0.25) is 0 Å². The molecule has 0 aliphatic carbocycles. The number of benzene rings is 1. The van der Waals surface area contributed by atoms with Gasteiger partial charge in [-0.2, -0.15) is 0 Å². The van der Waals surface area contributed by atoms with Crippen LogP contribution in [0.25, 0.3) is 0 Å². The van der Waals surface area contributed by atoms with Gasteiger partial charge in [0, 0.05) is 11.0 Å². The van der Waals surface area contributed by atoms with Crippen molar-refractivity contribution in [2.45, 2.75) is 6.42 Å². The fourth-order valence-corrected chi connectivity index (χ4v) is 1.53. The van der Waals surface area contributed by atoms with Crippen LogP contribution in [0.1, 0.15) is 5.56 Å². The van der Waals surface area contributed by atoms with Crippen molar-refractivity contribution in [3.05, 3.63) is 34.3 Å². The molecule has 0 aliphatic rings. The van der Waals surface area contributed by atoms with Crippen LogP contribution < -0.4 is 16.6 Å². The SMILES string of the molecule is NNCNCCc1cccc(Br)c1. The average molecular weight is 244 g/mol. The molecule has 0 saturated carbocycles. The smallest absolute Gasteiger partial charge is 0.0587 e. The molecule has 0 heterocycles. The zero-order valence-corrected chi connectivity index (χ0v) is 8.97. The van der Waals surface area contributed by atoms with Gasteiger partial charge in [-0.05, 0) is 24.1 Å². The second-order valence-electron chi connectivity index (χ2n) is 2.76. The first-order valence-electron chi connectivity index (χ1n) is 4.21. The van der Waals surface area contributed by atoms with Gasteiger partial charge in [0.1, 0.15) is 0 Å². The van der Waals surface area contributed by atoms with Gasteiger partial charge in [0.05, 0.1) is 6.67 Å². The highest BCUT2D eigenvalue weighted by Crippen LogP contribution is 2.11. The van der Waals surface area contributed by atoms with Crippen LogP contribution in [0.3, 0.4) is 0 Å². The number of halogens is 1. The van der Waals surface area contributed by atoms with Gasteiger partial charge in [0.25, 0.3) is 0 Å². The van der Waals surface area contributed by atoms with E-state index in [-0.39, 0.29) is 0 Å². The second kappa shape index (κ2) is 6.10. The fraction of sp³-hybridized carbons (Fsp3) is 0.333. The molecule has 0 fully saturated rings. The number of nitrogens with one attached hydrogen (secondary N) is 2. The molecule has 4 N–H and O–H groups in total. The molecule has 13 heavy (non-hydrogen) atoms. The van der Waals surface area contributed by atoms with Crippen molar-refractivity contribution < 1.29 is 0 Å². The summed E-state index contributed by atoms with van der Waals surface area (Å²) in [5.74, 6) is 5.11. The summed E-state index contributed by atoms with van der Waals surface area (Å²) in [7, 11) is 0. The molecule has 72 valence electrons. The van der Waals surface area contributed by atoms with Gasteiger partial charge < -0.3 is 5.32 Å². The molecule has 0 saturated heterocycles. The van der Waals surface area contributed by atoms with Gasteiger partial charge in [-0.3, -0.25) is 5.84 Å². The Morgan fingerprint density at radius 2 is 2.23 bits per heavy atom. The van der Waals surface area contributed by atoms with Gasteiger partial charge in [0.15, 0.2) is 0 Å². The number of rotatable bonds is 5. The van der Waals surface area contributed by atoms with Gasteiger partial charge in [-0.1, -0.05) is 28.1 Å². The molecule has 0 aliphatic heterocycles. The molecule has 1 rings (SSSR count). The third-order valence-electron chi connectivity index (χ3n) is 1.71. The largest absolute Gasteiger partial charge is 0.303 e. The average Bonchev–Trinajstić information content (AvgIpc) is 2.13. The van der Waals surface area contributed by atoms with Crippen LogP contribution in [-0.4, -0.2) is 13.2 Å². The number of hydrogen-bond donors (Lipinski definition) is 3. The van der Waals surface area contributed by atoms with Crippen LogP contribution in [0.5, 0.6) is 0 Å². The monoisotopic (exact) mass is 243 g/mol. The summed E-state index contributed by atoms with van der Waals surface area (Å²) in [5.41, 5.74) is 3.86. The number of nitrogens with two attached hydrogens (primary N) is 1. The van der Waals surface area contributed by atoms with E-state index in [9.17, 15) is 0 Å². The summed E-state index contributed by atoms with van der Waals surface area (Å²) < 4.78 is 1.13. The van der Waals surface area contributed by atoms with Crippen LogP contribution in [0.2, 0.25) is 0 Å². The van der Waals surface area contributed by atoms with Crippen LogP contribution in [0.4, 0.5) is 0 Å². The van der Waals surface area contributed by atoms with Crippen molar-refractivity contribution in [3.63, 3.8) is 0 Å². The van der Waals surface area contributed by atoms with E-state index >= 15 is 0 Å². The Labute approximate surface area is 86.8 Å². The maximum absolute atomic E-state index is 5.11. The minimum Gasteiger partial charge on any atom is -0.303 e. The molecule has 0 unspecified atom stereocenters. The fourth-order valence-electron chi connectivity index (χ4n) is 1.09. The molecule has 1 aromatic carbocycles. The quantitative estimate of drug-likeness (QED) is 0.313. The summed E-state index contributed by atoms with van der Waals surface area (Å²) in [5, 5.41) is 3.15. The molecule has 4 heteroatoms. The molecule has 0 bridgehead atoms. The normalized spacial score (nSPS) is 10.3. The van der Waals surface area contributed by atoms with E-state index in [1.54, 1.807) is 0 Å². The Kier molecular flexibility index (Phi) is 5.00. The summed E-state index contributed by atoms with van der Waals surface area (Å²) in [6.45, 7) is 1.58. The van der Waals surface area contributed by atoms with Crippen molar-refractivity contribution in [2.75, 3.05) is 13.2 Å². The Hall–Kier alpha value is -0.420. The highest BCUT2D eigenvalue weighted by Gasteiger charge is 1.92. The number of hydrogen-bond acceptors (Lipinski definition) is 3. The standard InChI is InChI=1S/C9H14BrN3/c10-9-3-1-2-8(6-9)4-5-12-7-13-11/h1-3,6,12-13H,4-5,7,11H2. The van der Waals surface area contributed by atoms with Gasteiger partial charge in [-0.15, -0.1) is 0 Å². The first-order valence-corrected chi connectivity index (χ1v) is 5.01. The van der Waals surface area contributed by atoms with Crippen molar-refractivity contribution in [2.24, 2.45) is 5.84 Å². The van der Waals surface area contributed by atoms with E-state index in [0.29, 0.717) is 6.67 Å². The van der Waals surface area contributed by atoms with E-state index in [4.69, 9.17) is 5.84 Å². The van der Waals surface area contributed by atoms with Crippen LogP contribution in [-0.2, 0) is 6.42 Å². The predicted molar refractivity (Wildman–Crippen MR) is 58.0 cm³/mol. The first kappa shape index (κ1) is 10.7. The lowest BCUT2D eigenvalue weighted by Crippen LogP contribution is -2.34. The molecular formula is C9H14BrN3. The molecule has 0 radical (unpaired) electrons. The van der Waals surface area contributed by atoms with Crippen molar-refractivity contribution in [3.8, 4) is 0 Å². The zero-order chi connectivity index (χ0) is 9.52. The maximum Gasteiger partial charge on any atom is 0.0587 e. The van der Waals surface area contributed by atoms with Gasteiger partial charge >= 0.3 is 0 Å². The lowest BCUT2D eigenvalue weighted by atomic mass is 10.1. The van der Waals surface area contributed by atoms with Crippen molar-refractivity contribution >= 4 is 15.9 Å². The van der Waals surface area contributed by atoms with Crippen LogP contribution in [0, 0.1) is 0 Å². The Balaban J connectivity index is 2.28. The lowest BCUT2D eigenvalue weighted by Gasteiger charge is -2.03. The number of hydrazine groups is 1. The van der Waals surface area contributed by atoms with E-state index in [1.807, 2.05) is 12.1 Å². The van der Waals surface area contributed by atoms with Gasteiger partial charge in [-0.25, -0.2) is 5.43 Å².